The Morgan fingerprint density at radius 1 is 1.18 bits per heavy atom. The van der Waals surface area contributed by atoms with Gasteiger partial charge in [0.05, 0.1) is 11.8 Å². The molecule has 2 saturated heterocycles. The van der Waals surface area contributed by atoms with Gasteiger partial charge in [0.1, 0.15) is 34.2 Å². The van der Waals surface area contributed by atoms with Crippen LogP contribution in [0.2, 0.25) is 0 Å². The molecule has 6 aliphatic rings. The first-order valence-electron chi connectivity index (χ1n) is 14.0. The Kier molecular flexibility index (Phi) is 5.37. The van der Waals surface area contributed by atoms with Crippen LogP contribution in [0.3, 0.4) is 0 Å². The van der Waals surface area contributed by atoms with E-state index in [1.807, 2.05) is 0 Å². The van der Waals surface area contributed by atoms with Crippen molar-refractivity contribution in [3.63, 3.8) is 0 Å². The smallest absolute Gasteiger partial charge is 0.355 e. The van der Waals surface area contributed by atoms with E-state index in [0.717, 1.165) is 0 Å². The van der Waals surface area contributed by atoms with Gasteiger partial charge in [-0.3, -0.25) is 4.79 Å². The lowest BCUT2D eigenvalue weighted by atomic mass is 9.52. The first kappa shape index (κ1) is 28.1. The maximum Gasteiger partial charge on any atom is 0.355 e. The van der Waals surface area contributed by atoms with Crippen molar-refractivity contribution < 1.29 is 49.3 Å². The van der Waals surface area contributed by atoms with Crippen LogP contribution in [0.15, 0.2) is 18.3 Å². The lowest BCUT2D eigenvalue weighted by Crippen LogP contribution is -2.75. The molecule has 4 aliphatic carbocycles. The predicted octanol–water partition coefficient (Wildman–Crippen LogP) is -0.288. The van der Waals surface area contributed by atoms with Crippen LogP contribution in [-0.4, -0.2) is 95.0 Å². The molecule has 7 rings (SSSR count). The topological polar surface area (TPSA) is 205 Å². The first-order chi connectivity index (χ1) is 18.4. The maximum absolute atomic E-state index is 13.4. The lowest BCUT2D eigenvalue weighted by molar-refractivity contribution is -0.390. The summed E-state index contributed by atoms with van der Waals surface area (Å²) in [7, 11) is 0. The van der Waals surface area contributed by atoms with E-state index in [1.54, 1.807) is 26.8 Å². The molecule has 1 spiro atoms. The van der Waals surface area contributed by atoms with E-state index < -0.39 is 87.0 Å². The van der Waals surface area contributed by atoms with Crippen molar-refractivity contribution in [2.45, 2.75) is 106 Å². The average Bonchev–Trinajstić information content (AvgIpc) is 3.50. The molecular formula is C28H40N2O10. The zero-order chi connectivity index (χ0) is 29.5. The van der Waals surface area contributed by atoms with E-state index in [9.17, 15) is 35.1 Å². The number of aromatic amines is 1. The number of nitrogens with two attached hydrogens (primary N) is 1. The minimum absolute atomic E-state index is 0.00446. The maximum atomic E-state index is 13.4. The second-order valence-corrected chi connectivity index (χ2v) is 13.4. The minimum atomic E-state index is -2.66. The van der Waals surface area contributed by atoms with Crippen LogP contribution in [0.5, 0.6) is 0 Å². The molecule has 0 amide bonds. The van der Waals surface area contributed by atoms with Gasteiger partial charge >= 0.3 is 11.9 Å². The third-order valence-corrected chi connectivity index (χ3v) is 11.9. The number of aliphatic hydroxyl groups is 5. The molecule has 11 atom stereocenters. The quantitative estimate of drug-likeness (QED) is 0.224. The number of rotatable bonds is 6. The van der Waals surface area contributed by atoms with Crippen LogP contribution in [0, 0.1) is 22.7 Å². The number of esters is 2. The molecule has 3 heterocycles. The zero-order valence-corrected chi connectivity index (χ0v) is 23.4. The summed E-state index contributed by atoms with van der Waals surface area (Å²) in [6.45, 7) is 7.89. The molecule has 0 aromatic carbocycles. The molecule has 2 aliphatic heterocycles. The van der Waals surface area contributed by atoms with Crippen LogP contribution < -0.4 is 5.73 Å². The van der Waals surface area contributed by atoms with Gasteiger partial charge in [0.25, 0.3) is 0 Å². The average molecular weight is 565 g/mol. The molecule has 6 fully saturated rings. The van der Waals surface area contributed by atoms with Gasteiger partial charge in [0.2, 0.25) is 0 Å². The first-order valence-corrected chi connectivity index (χ1v) is 14.0. The monoisotopic (exact) mass is 564 g/mol. The standard InChI is InChI=1S/C28H40N2O10/c1-14(2)25(35)20(39-19(32)16-7-6-12-30-16)26(36)21(4)13-24(34)22(25,5)28(26,37)27(40-24)18(38-17(31)9-11-29)15(3)8-10-23(21,27)33/h6-7,12,14-15,18,20,30,33-37H,8-11,13,29H2,1-5H3/t15?,18-,20-,21+,22?,23?,24?,25?,26?,27?,28?/m1/s1. The molecule has 0 radical (unpaired) electrons. The van der Waals surface area contributed by atoms with Gasteiger partial charge < -0.3 is 50.5 Å². The second-order valence-electron chi connectivity index (χ2n) is 13.4. The van der Waals surface area contributed by atoms with Gasteiger partial charge in [-0.2, -0.15) is 0 Å². The lowest BCUT2D eigenvalue weighted by Gasteiger charge is -2.61. The largest absolute Gasteiger partial charge is 0.459 e. The Morgan fingerprint density at radius 3 is 2.42 bits per heavy atom. The minimum Gasteiger partial charge on any atom is -0.459 e. The number of hydrogen-bond donors (Lipinski definition) is 7. The highest BCUT2D eigenvalue weighted by molar-refractivity contribution is 5.87. The second kappa shape index (κ2) is 7.66. The Balaban J connectivity index is 1.65. The van der Waals surface area contributed by atoms with Gasteiger partial charge in [0.15, 0.2) is 17.5 Å². The third kappa shape index (κ3) is 2.31. The molecular weight excluding hydrogens is 524 g/mol. The highest BCUT2D eigenvalue weighted by Gasteiger charge is 3.10. The number of ether oxygens (including phenoxy) is 3. The molecule has 4 saturated carbocycles. The number of aromatic nitrogens is 1. The van der Waals surface area contributed by atoms with E-state index in [0.29, 0.717) is 6.42 Å². The normalized spacial score (nSPS) is 53.6. The predicted molar refractivity (Wildman–Crippen MR) is 136 cm³/mol. The van der Waals surface area contributed by atoms with E-state index >= 15 is 0 Å². The van der Waals surface area contributed by atoms with E-state index in [-0.39, 0.29) is 25.1 Å². The molecule has 8 unspecified atom stereocenters. The van der Waals surface area contributed by atoms with Gasteiger partial charge in [-0.25, -0.2) is 4.79 Å². The summed E-state index contributed by atoms with van der Waals surface area (Å²) in [6.07, 6.45) is -1.84. The van der Waals surface area contributed by atoms with Crippen molar-refractivity contribution in [1.29, 1.82) is 0 Å². The van der Waals surface area contributed by atoms with Crippen molar-refractivity contribution in [3.8, 4) is 0 Å². The van der Waals surface area contributed by atoms with Gasteiger partial charge in [-0.05, 0) is 43.7 Å². The van der Waals surface area contributed by atoms with E-state index in [1.165, 1.54) is 26.1 Å². The molecule has 12 heteroatoms. The number of carbonyl (C=O) groups is 2. The summed E-state index contributed by atoms with van der Waals surface area (Å²) in [6, 6.07) is 3.04. The summed E-state index contributed by atoms with van der Waals surface area (Å²) < 4.78 is 18.2. The van der Waals surface area contributed by atoms with Crippen molar-refractivity contribution in [3.05, 3.63) is 24.0 Å². The highest BCUT2D eigenvalue weighted by Crippen LogP contribution is 2.90. The molecule has 40 heavy (non-hydrogen) atoms. The number of nitrogens with one attached hydrogen (secondary N) is 1. The summed E-state index contributed by atoms with van der Waals surface area (Å²) in [5.74, 6) is -5.23. The fourth-order valence-corrected chi connectivity index (χ4v) is 10.1. The molecule has 1 aromatic heterocycles. The van der Waals surface area contributed by atoms with Crippen molar-refractivity contribution in [1.82, 2.24) is 4.98 Å². The molecule has 6 bridgehead atoms. The van der Waals surface area contributed by atoms with Crippen LogP contribution >= 0.6 is 0 Å². The molecule has 222 valence electrons. The highest BCUT2D eigenvalue weighted by atomic mass is 16.7. The summed E-state index contributed by atoms with van der Waals surface area (Å²) in [5, 5.41) is 63.9. The van der Waals surface area contributed by atoms with Gasteiger partial charge in [-0.15, -0.1) is 0 Å². The summed E-state index contributed by atoms with van der Waals surface area (Å²) in [5.41, 5.74) is -10.1. The fourth-order valence-electron chi connectivity index (χ4n) is 10.1. The van der Waals surface area contributed by atoms with Crippen molar-refractivity contribution in [2.75, 3.05) is 6.54 Å². The zero-order valence-electron chi connectivity index (χ0n) is 23.4. The van der Waals surface area contributed by atoms with Crippen molar-refractivity contribution in [2.24, 2.45) is 28.4 Å². The Hall–Kier alpha value is -2.06. The van der Waals surface area contributed by atoms with Gasteiger partial charge in [0, 0.05) is 24.6 Å². The van der Waals surface area contributed by atoms with Crippen LogP contribution in [-0.2, 0) is 19.0 Å². The van der Waals surface area contributed by atoms with Crippen LogP contribution in [0.1, 0.15) is 70.8 Å². The molecule has 1 aromatic rings. The van der Waals surface area contributed by atoms with Crippen LogP contribution in [0.25, 0.3) is 0 Å². The summed E-state index contributed by atoms with van der Waals surface area (Å²) >= 11 is 0. The Bertz CT molecular complexity index is 1270. The van der Waals surface area contributed by atoms with E-state index in [4.69, 9.17) is 19.9 Å². The van der Waals surface area contributed by atoms with Gasteiger partial charge in [-0.1, -0.05) is 27.7 Å². The van der Waals surface area contributed by atoms with Crippen molar-refractivity contribution >= 4 is 11.9 Å². The third-order valence-electron chi connectivity index (χ3n) is 11.9. The number of H-pyrrole nitrogens is 1. The number of hydrogen-bond acceptors (Lipinski definition) is 11. The molecule has 12 nitrogen and oxygen atoms in total. The summed E-state index contributed by atoms with van der Waals surface area (Å²) in [4.78, 5) is 28.9. The Morgan fingerprint density at radius 2 is 1.85 bits per heavy atom. The number of carbonyl (C=O) groups excluding carboxylic acids is 2. The SMILES string of the molecule is CC1CCC2(O)C3(OC4(O)C[C@]2(C)C2(O)[C@H](OC(=O)c5ccc[nH]5)C(O)(C(C)C)C4(C)C32O)[C@@H]1OC(=O)CCN. The van der Waals surface area contributed by atoms with E-state index in [2.05, 4.69) is 4.98 Å². The molecule has 8 N–H and O–H groups in total. The Labute approximate surface area is 231 Å². The van der Waals surface area contributed by atoms with Crippen LogP contribution in [0.4, 0.5) is 0 Å². The fraction of sp³-hybridized carbons (Fsp3) is 0.786.